The SMILES string of the molecule is CCN(CC)Cc1cccc(N=C(c2ccccc2)c2c(O)[nH]c3cc(C(N)=O)ccc23)c1. The minimum Gasteiger partial charge on any atom is -0.494 e. The Morgan fingerprint density at radius 3 is 2.42 bits per heavy atom. The van der Waals surface area contributed by atoms with Crippen LogP contribution < -0.4 is 5.73 Å². The minimum absolute atomic E-state index is 0.00600. The van der Waals surface area contributed by atoms with E-state index in [1.165, 1.54) is 5.56 Å². The number of hydrogen-bond donors (Lipinski definition) is 3. The molecular formula is C27H28N4O2. The van der Waals surface area contributed by atoms with Crippen molar-refractivity contribution in [2.75, 3.05) is 13.1 Å². The average molecular weight is 441 g/mol. The van der Waals surface area contributed by atoms with Crippen LogP contribution in [-0.2, 0) is 6.54 Å². The number of aromatic hydroxyl groups is 1. The molecule has 0 saturated carbocycles. The summed E-state index contributed by atoms with van der Waals surface area (Å²) in [4.78, 5) is 21.9. The molecule has 6 nitrogen and oxygen atoms in total. The quantitative estimate of drug-likeness (QED) is 0.337. The summed E-state index contributed by atoms with van der Waals surface area (Å²) < 4.78 is 0. The van der Waals surface area contributed by atoms with Crippen molar-refractivity contribution in [3.05, 3.63) is 95.1 Å². The molecule has 0 atom stereocenters. The number of amides is 1. The predicted molar refractivity (Wildman–Crippen MR) is 133 cm³/mol. The number of primary amides is 1. The molecule has 4 N–H and O–H groups in total. The Morgan fingerprint density at radius 1 is 0.970 bits per heavy atom. The van der Waals surface area contributed by atoms with Crippen molar-refractivity contribution in [1.82, 2.24) is 9.88 Å². The number of aromatic nitrogens is 1. The van der Waals surface area contributed by atoms with Gasteiger partial charge in [-0.3, -0.25) is 9.69 Å². The van der Waals surface area contributed by atoms with Gasteiger partial charge in [-0.15, -0.1) is 0 Å². The first-order chi connectivity index (χ1) is 16.0. The molecule has 4 aromatic rings. The smallest absolute Gasteiger partial charge is 0.248 e. The summed E-state index contributed by atoms with van der Waals surface area (Å²) in [6.45, 7) is 7.13. The van der Waals surface area contributed by atoms with Crippen LogP contribution in [0.2, 0.25) is 0 Å². The fourth-order valence-corrected chi connectivity index (χ4v) is 4.00. The van der Waals surface area contributed by atoms with E-state index in [1.54, 1.807) is 18.2 Å². The van der Waals surface area contributed by atoms with Gasteiger partial charge in [-0.05, 0) is 42.9 Å². The van der Waals surface area contributed by atoms with Crippen LogP contribution >= 0.6 is 0 Å². The lowest BCUT2D eigenvalue weighted by atomic mass is 10.00. The van der Waals surface area contributed by atoms with E-state index in [4.69, 9.17) is 10.7 Å². The molecule has 6 heteroatoms. The Balaban J connectivity index is 1.86. The number of carbonyl (C=O) groups is 1. The summed E-state index contributed by atoms with van der Waals surface area (Å²) in [6.07, 6.45) is 0. The molecule has 0 aliphatic heterocycles. The summed E-state index contributed by atoms with van der Waals surface area (Å²) in [5, 5.41) is 11.6. The Morgan fingerprint density at radius 2 is 1.73 bits per heavy atom. The third-order valence-electron chi connectivity index (χ3n) is 5.80. The van der Waals surface area contributed by atoms with E-state index < -0.39 is 5.91 Å². The number of benzene rings is 3. The highest BCUT2D eigenvalue weighted by Crippen LogP contribution is 2.32. The lowest BCUT2D eigenvalue weighted by Gasteiger charge is -2.18. The standard InChI is InChI=1S/C27H28N4O2/c1-3-31(4-2)17-18-9-8-12-21(15-18)29-25(19-10-6-5-7-11-19)24-22-14-13-20(26(28)32)16-23(22)30-27(24)33/h5-16,30,33H,3-4,17H2,1-2H3,(H2,28,32). The summed E-state index contributed by atoms with van der Waals surface area (Å²) in [7, 11) is 0. The molecular weight excluding hydrogens is 412 g/mol. The number of rotatable bonds is 8. The van der Waals surface area contributed by atoms with Gasteiger partial charge in [0.15, 0.2) is 5.88 Å². The molecule has 33 heavy (non-hydrogen) atoms. The second-order valence-electron chi connectivity index (χ2n) is 7.93. The van der Waals surface area contributed by atoms with Crippen molar-refractivity contribution in [3.63, 3.8) is 0 Å². The number of aliphatic imine (C=N–C) groups is 1. The molecule has 0 radical (unpaired) electrons. The van der Waals surface area contributed by atoms with Crippen molar-refractivity contribution in [1.29, 1.82) is 0 Å². The topological polar surface area (TPSA) is 94.7 Å². The van der Waals surface area contributed by atoms with E-state index in [9.17, 15) is 9.90 Å². The molecule has 0 saturated heterocycles. The normalized spacial score (nSPS) is 11.9. The molecule has 0 spiro atoms. The van der Waals surface area contributed by atoms with Crippen molar-refractivity contribution in [2.24, 2.45) is 10.7 Å². The average Bonchev–Trinajstić information content (AvgIpc) is 3.16. The number of nitrogens with zero attached hydrogens (tertiary/aromatic N) is 2. The number of H-pyrrole nitrogens is 1. The Labute approximate surface area is 193 Å². The highest BCUT2D eigenvalue weighted by atomic mass is 16.3. The maximum Gasteiger partial charge on any atom is 0.248 e. The summed E-state index contributed by atoms with van der Waals surface area (Å²) in [5.41, 5.74) is 10.5. The highest BCUT2D eigenvalue weighted by molar-refractivity contribution is 6.22. The second-order valence-corrected chi connectivity index (χ2v) is 7.93. The van der Waals surface area contributed by atoms with Gasteiger partial charge < -0.3 is 15.8 Å². The molecule has 0 unspecified atom stereocenters. The molecule has 0 fully saturated rings. The highest BCUT2D eigenvalue weighted by Gasteiger charge is 2.19. The van der Waals surface area contributed by atoms with E-state index in [2.05, 4.69) is 35.9 Å². The van der Waals surface area contributed by atoms with Crippen LogP contribution in [0.25, 0.3) is 10.9 Å². The van der Waals surface area contributed by atoms with Crippen LogP contribution in [-0.4, -0.2) is 39.7 Å². The van der Waals surface area contributed by atoms with Gasteiger partial charge in [0, 0.05) is 28.6 Å². The lowest BCUT2D eigenvalue weighted by molar-refractivity contribution is 0.100. The molecule has 0 aliphatic rings. The first-order valence-electron chi connectivity index (χ1n) is 11.1. The fourth-order valence-electron chi connectivity index (χ4n) is 4.00. The zero-order chi connectivity index (χ0) is 23.4. The van der Waals surface area contributed by atoms with Crippen molar-refractivity contribution < 1.29 is 9.90 Å². The second kappa shape index (κ2) is 9.71. The first kappa shape index (κ1) is 22.3. The van der Waals surface area contributed by atoms with E-state index >= 15 is 0 Å². The van der Waals surface area contributed by atoms with Gasteiger partial charge in [-0.2, -0.15) is 0 Å². The maximum atomic E-state index is 11.6. The monoisotopic (exact) mass is 440 g/mol. The first-order valence-corrected chi connectivity index (χ1v) is 11.1. The minimum atomic E-state index is -0.519. The van der Waals surface area contributed by atoms with Crippen LogP contribution in [0.15, 0.2) is 77.8 Å². The molecule has 4 rings (SSSR count). The predicted octanol–water partition coefficient (Wildman–Crippen LogP) is 4.98. The number of hydrogen-bond acceptors (Lipinski definition) is 4. The van der Waals surface area contributed by atoms with Crippen LogP contribution in [0.3, 0.4) is 0 Å². The molecule has 1 heterocycles. The van der Waals surface area contributed by atoms with Crippen molar-refractivity contribution in [3.8, 4) is 5.88 Å². The number of fused-ring (bicyclic) bond motifs is 1. The lowest BCUT2D eigenvalue weighted by Crippen LogP contribution is -2.21. The molecule has 168 valence electrons. The number of nitrogens with two attached hydrogens (primary N) is 1. The molecule has 0 aliphatic carbocycles. The maximum absolute atomic E-state index is 11.6. The Kier molecular flexibility index (Phi) is 6.56. The zero-order valence-electron chi connectivity index (χ0n) is 18.9. The fraction of sp³-hybridized carbons (Fsp3) is 0.185. The number of nitrogens with one attached hydrogen (secondary N) is 1. The van der Waals surface area contributed by atoms with Crippen molar-refractivity contribution >= 4 is 28.2 Å². The van der Waals surface area contributed by atoms with E-state index in [1.807, 2.05) is 42.5 Å². The largest absolute Gasteiger partial charge is 0.494 e. The van der Waals surface area contributed by atoms with Gasteiger partial charge >= 0.3 is 0 Å². The summed E-state index contributed by atoms with van der Waals surface area (Å²) >= 11 is 0. The van der Waals surface area contributed by atoms with Gasteiger partial charge in [0.05, 0.1) is 17.0 Å². The van der Waals surface area contributed by atoms with Gasteiger partial charge in [0.2, 0.25) is 5.91 Å². The van der Waals surface area contributed by atoms with Crippen LogP contribution in [0.1, 0.15) is 40.9 Å². The molecule has 1 aromatic heterocycles. The Bertz CT molecular complexity index is 1300. The van der Waals surface area contributed by atoms with E-state index in [0.29, 0.717) is 22.4 Å². The molecule has 3 aromatic carbocycles. The van der Waals surface area contributed by atoms with Crippen molar-refractivity contribution in [2.45, 2.75) is 20.4 Å². The van der Waals surface area contributed by atoms with Crippen LogP contribution in [0, 0.1) is 0 Å². The molecule has 0 bridgehead atoms. The third-order valence-corrected chi connectivity index (χ3v) is 5.80. The van der Waals surface area contributed by atoms with E-state index in [0.717, 1.165) is 36.3 Å². The summed E-state index contributed by atoms with van der Waals surface area (Å²) in [6, 6.07) is 23.0. The number of carbonyl (C=O) groups excluding carboxylic acids is 1. The van der Waals surface area contributed by atoms with Gasteiger partial charge in [-0.25, -0.2) is 4.99 Å². The summed E-state index contributed by atoms with van der Waals surface area (Å²) in [5.74, 6) is -0.525. The van der Waals surface area contributed by atoms with Crippen LogP contribution in [0.5, 0.6) is 5.88 Å². The van der Waals surface area contributed by atoms with Crippen LogP contribution in [0.4, 0.5) is 5.69 Å². The number of aromatic amines is 1. The van der Waals surface area contributed by atoms with Gasteiger partial charge in [0.1, 0.15) is 0 Å². The molecule has 1 amide bonds. The Hall–Kier alpha value is -3.90. The van der Waals surface area contributed by atoms with E-state index in [-0.39, 0.29) is 5.88 Å². The van der Waals surface area contributed by atoms with Gasteiger partial charge in [-0.1, -0.05) is 62.4 Å². The third kappa shape index (κ3) is 4.81. The zero-order valence-corrected chi connectivity index (χ0v) is 18.9. The van der Waals surface area contributed by atoms with Gasteiger partial charge in [0.25, 0.3) is 0 Å².